The van der Waals surface area contributed by atoms with E-state index in [0.29, 0.717) is 12.8 Å². The van der Waals surface area contributed by atoms with Crippen molar-refractivity contribution in [1.82, 2.24) is 0 Å². The number of carbonyl (C=O) groups is 2. The van der Waals surface area contributed by atoms with Crippen molar-refractivity contribution < 1.29 is 29.3 Å². The summed E-state index contributed by atoms with van der Waals surface area (Å²) in [5, 5.41) is 19.4. The number of allylic oxidation sites excluding steroid dienone is 1. The molecule has 1 heterocycles. The average Bonchev–Trinajstić information content (AvgIpc) is 2.81. The Bertz CT molecular complexity index is 684. The fraction of sp³-hybridized carbons (Fsp3) is 0.500. The molecule has 0 aromatic carbocycles. The minimum atomic E-state index is -0.696. The van der Waals surface area contributed by atoms with Crippen LogP contribution in [-0.4, -0.2) is 47.1 Å². The molecule has 2 N–H and O–H groups in total. The third-order valence-electron chi connectivity index (χ3n) is 4.68. The first kappa shape index (κ1) is 20.1. The van der Waals surface area contributed by atoms with Gasteiger partial charge in [-0.25, -0.2) is 9.59 Å². The summed E-state index contributed by atoms with van der Waals surface area (Å²) in [5.41, 5.74) is 2.11. The van der Waals surface area contributed by atoms with Crippen LogP contribution in [0.3, 0.4) is 0 Å². The predicted octanol–water partition coefficient (Wildman–Crippen LogP) is 1.98. The van der Waals surface area contributed by atoms with Crippen LogP contribution in [0.5, 0.6) is 0 Å². The van der Waals surface area contributed by atoms with Crippen LogP contribution < -0.4 is 0 Å². The van der Waals surface area contributed by atoms with Crippen molar-refractivity contribution in [2.75, 3.05) is 6.61 Å². The van der Waals surface area contributed by atoms with Crippen LogP contribution in [0.25, 0.3) is 0 Å². The van der Waals surface area contributed by atoms with Crippen LogP contribution in [-0.2, 0) is 19.1 Å². The first-order valence-corrected chi connectivity index (χ1v) is 8.66. The molecule has 1 saturated heterocycles. The highest BCUT2D eigenvalue weighted by Crippen LogP contribution is 2.36. The van der Waals surface area contributed by atoms with Gasteiger partial charge in [0.2, 0.25) is 0 Å². The summed E-state index contributed by atoms with van der Waals surface area (Å²) in [4.78, 5) is 24.4. The lowest BCUT2D eigenvalue weighted by Gasteiger charge is -2.28. The predicted molar refractivity (Wildman–Crippen MR) is 96.0 cm³/mol. The van der Waals surface area contributed by atoms with Gasteiger partial charge in [-0.15, -0.1) is 0 Å². The normalized spacial score (nSPS) is 34.1. The van der Waals surface area contributed by atoms with E-state index in [4.69, 9.17) is 9.47 Å². The molecule has 0 spiro atoms. The molecule has 0 bridgehead atoms. The third kappa shape index (κ3) is 4.51. The summed E-state index contributed by atoms with van der Waals surface area (Å²) in [5.74, 6) is -1.67. The van der Waals surface area contributed by atoms with Gasteiger partial charge in [0.1, 0.15) is 12.2 Å². The zero-order chi connectivity index (χ0) is 19.4. The van der Waals surface area contributed by atoms with Gasteiger partial charge in [-0.3, -0.25) is 0 Å². The molecule has 26 heavy (non-hydrogen) atoms. The van der Waals surface area contributed by atoms with Crippen molar-refractivity contribution in [2.45, 2.75) is 51.9 Å². The van der Waals surface area contributed by atoms with Gasteiger partial charge in [0.15, 0.2) is 0 Å². The molecule has 142 valence electrons. The number of esters is 2. The van der Waals surface area contributed by atoms with Gasteiger partial charge in [-0.2, -0.15) is 0 Å². The number of hydrogen-bond donors (Lipinski definition) is 2. The summed E-state index contributed by atoms with van der Waals surface area (Å²) in [6, 6.07) is 0. The van der Waals surface area contributed by atoms with Crippen LogP contribution >= 0.6 is 0 Å². The average molecular weight is 362 g/mol. The molecule has 4 atom stereocenters. The molecule has 0 aromatic heterocycles. The molecule has 6 nitrogen and oxygen atoms in total. The molecule has 0 amide bonds. The summed E-state index contributed by atoms with van der Waals surface area (Å²) < 4.78 is 11.0. The SMILES string of the molecule is C=C1C(=O)O[C@@H]2/C=C(\C)C[C@H](O)/C=C(\C)C[C@H](OC(=O)/C(=C\C)CO)[C@H]12. The Morgan fingerprint density at radius 2 is 2.00 bits per heavy atom. The number of ether oxygens (including phenoxy) is 2. The molecule has 1 fully saturated rings. The lowest BCUT2D eigenvalue weighted by molar-refractivity contribution is -0.147. The van der Waals surface area contributed by atoms with Gasteiger partial charge in [0.05, 0.1) is 24.2 Å². The van der Waals surface area contributed by atoms with Gasteiger partial charge in [0, 0.05) is 12.0 Å². The molecule has 0 aromatic rings. The summed E-state index contributed by atoms with van der Waals surface area (Å²) in [7, 11) is 0. The Morgan fingerprint density at radius 3 is 2.62 bits per heavy atom. The van der Waals surface area contributed by atoms with E-state index in [9.17, 15) is 19.8 Å². The largest absolute Gasteiger partial charge is 0.458 e. The quantitative estimate of drug-likeness (QED) is 0.453. The number of hydrogen-bond acceptors (Lipinski definition) is 6. The maximum Gasteiger partial charge on any atom is 0.336 e. The minimum absolute atomic E-state index is 0.142. The molecular weight excluding hydrogens is 336 g/mol. The number of rotatable bonds is 3. The monoisotopic (exact) mass is 362 g/mol. The van der Waals surface area contributed by atoms with Crippen molar-refractivity contribution in [3.8, 4) is 0 Å². The molecule has 0 radical (unpaired) electrons. The second-order valence-corrected chi connectivity index (χ2v) is 6.84. The Morgan fingerprint density at radius 1 is 1.35 bits per heavy atom. The number of carbonyl (C=O) groups excluding carboxylic acids is 2. The second-order valence-electron chi connectivity index (χ2n) is 6.84. The van der Waals surface area contributed by atoms with Crippen molar-refractivity contribution in [3.63, 3.8) is 0 Å². The van der Waals surface area contributed by atoms with Crippen molar-refractivity contribution in [1.29, 1.82) is 0 Å². The molecule has 6 heteroatoms. The highest BCUT2D eigenvalue weighted by Gasteiger charge is 2.44. The molecule has 0 unspecified atom stereocenters. The first-order valence-electron chi connectivity index (χ1n) is 8.66. The Hall–Kier alpha value is -2.18. The molecule has 2 rings (SSSR count). The van der Waals surface area contributed by atoms with Crippen molar-refractivity contribution in [2.24, 2.45) is 5.92 Å². The molecule has 0 saturated carbocycles. The smallest absolute Gasteiger partial charge is 0.336 e. The van der Waals surface area contributed by atoms with E-state index in [1.54, 1.807) is 19.1 Å². The van der Waals surface area contributed by atoms with Crippen molar-refractivity contribution in [3.05, 3.63) is 47.1 Å². The van der Waals surface area contributed by atoms with E-state index in [-0.39, 0.29) is 11.1 Å². The first-order chi connectivity index (χ1) is 12.3. The molecular formula is C20H26O6. The van der Waals surface area contributed by atoms with E-state index in [1.165, 1.54) is 6.08 Å². The van der Waals surface area contributed by atoms with Gasteiger partial charge >= 0.3 is 11.9 Å². The highest BCUT2D eigenvalue weighted by atomic mass is 16.6. The van der Waals surface area contributed by atoms with E-state index < -0.39 is 42.8 Å². The van der Waals surface area contributed by atoms with Gasteiger partial charge in [-0.1, -0.05) is 29.9 Å². The van der Waals surface area contributed by atoms with E-state index >= 15 is 0 Å². The summed E-state index contributed by atoms with van der Waals surface area (Å²) in [6.45, 7) is 8.72. The highest BCUT2D eigenvalue weighted by molar-refractivity contribution is 5.92. The number of aliphatic hydroxyl groups excluding tert-OH is 2. The number of fused-ring (bicyclic) bond motifs is 1. The van der Waals surface area contributed by atoms with E-state index in [0.717, 1.165) is 11.1 Å². The zero-order valence-corrected chi connectivity index (χ0v) is 15.4. The standard InChI is InChI=1S/C20H26O6/c1-5-14(10-21)20(24)26-17-9-12(3)7-15(22)6-11(2)8-16-18(17)13(4)19(23)25-16/h5,7-8,15-18,21-22H,4,6,9-10H2,1-3H3/b11-8+,12-7+,14-5-/t15-,16+,17-,18+/m0/s1. The summed E-state index contributed by atoms with van der Waals surface area (Å²) >= 11 is 0. The van der Waals surface area contributed by atoms with E-state index in [1.807, 2.05) is 13.8 Å². The van der Waals surface area contributed by atoms with Gasteiger partial charge in [0.25, 0.3) is 0 Å². The van der Waals surface area contributed by atoms with Gasteiger partial charge < -0.3 is 19.7 Å². The Balaban J connectivity index is 2.41. The number of aliphatic hydroxyl groups is 2. The van der Waals surface area contributed by atoms with Crippen LogP contribution in [0.2, 0.25) is 0 Å². The van der Waals surface area contributed by atoms with Crippen LogP contribution in [0.1, 0.15) is 33.6 Å². The zero-order valence-electron chi connectivity index (χ0n) is 15.4. The molecule has 1 aliphatic carbocycles. The topological polar surface area (TPSA) is 93.1 Å². The molecule has 1 aliphatic heterocycles. The van der Waals surface area contributed by atoms with Gasteiger partial charge in [-0.05, 0) is 33.3 Å². The molecule has 2 aliphatic rings. The minimum Gasteiger partial charge on any atom is -0.458 e. The van der Waals surface area contributed by atoms with Crippen molar-refractivity contribution >= 4 is 11.9 Å². The maximum atomic E-state index is 12.3. The fourth-order valence-electron chi connectivity index (χ4n) is 3.36. The second kappa shape index (κ2) is 8.47. The maximum absolute atomic E-state index is 12.3. The van der Waals surface area contributed by atoms with E-state index in [2.05, 4.69) is 6.58 Å². The lowest BCUT2D eigenvalue weighted by atomic mass is 9.85. The lowest BCUT2D eigenvalue weighted by Crippen LogP contribution is -2.34. The Kier molecular flexibility index (Phi) is 6.56. The Labute approximate surface area is 153 Å². The van der Waals surface area contributed by atoms with Crippen LogP contribution in [0.15, 0.2) is 47.1 Å². The third-order valence-corrected chi connectivity index (χ3v) is 4.68. The summed E-state index contributed by atoms with van der Waals surface area (Å²) in [6.07, 6.45) is 3.79. The van der Waals surface area contributed by atoms with Crippen LogP contribution in [0, 0.1) is 5.92 Å². The van der Waals surface area contributed by atoms with Crippen LogP contribution in [0.4, 0.5) is 0 Å². The fourth-order valence-corrected chi connectivity index (χ4v) is 3.36.